The average molecular weight is 587 g/mol. The second kappa shape index (κ2) is 10.8. The van der Waals surface area contributed by atoms with Gasteiger partial charge in [-0.1, -0.05) is 51.8 Å². The molecule has 4 fully saturated rings. The maximum atomic E-state index is 16.0. The van der Waals surface area contributed by atoms with Crippen LogP contribution in [-0.4, -0.2) is 34.4 Å². The van der Waals surface area contributed by atoms with Gasteiger partial charge in [0.25, 0.3) is 5.92 Å². The summed E-state index contributed by atoms with van der Waals surface area (Å²) in [6, 6.07) is 5.62. The Morgan fingerprint density at radius 3 is 2.37 bits per heavy atom. The first-order valence-corrected chi connectivity index (χ1v) is 15.2. The SMILES string of the molecule is C[C@H](CCCC(O)c1ccccc1OC(F)(F)F)[C@H]1CC[C@H]2[C@H]3[C@H](CC[C@]12C)[C@@]1(C)CC[C@H](O)C(=O)[C@@H]1CC3(F)F. The van der Waals surface area contributed by atoms with Crippen LogP contribution in [0.1, 0.15) is 96.6 Å². The van der Waals surface area contributed by atoms with Gasteiger partial charge in [0.1, 0.15) is 11.9 Å². The number of hydrogen-bond donors (Lipinski definition) is 2. The van der Waals surface area contributed by atoms with Crippen LogP contribution >= 0.6 is 0 Å². The number of para-hydroxylation sites is 1. The second-order valence-electron chi connectivity index (χ2n) is 14.0. The topological polar surface area (TPSA) is 66.8 Å². The van der Waals surface area contributed by atoms with Gasteiger partial charge in [-0.2, -0.15) is 0 Å². The van der Waals surface area contributed by atoms with Crippen molar-refractivity contribution in [3.8, 4) is 5.75 Å². The van der Waals surface area contributed by atoms with E-state index < -0.39 is 59.7 Å². The van der Waals surface area contributed by atoms with Gasteiger partial charge in [0, 0.05) is 23.8 Å². The van der Waals surface area contributed by atoms with Crippen LogP contribution in [0.4, 0.5) is 22.0 Å². The van der Waals surface area contributed by atoms with Crippen LogP contribution in [0.5, 0.6) is 5.75 Å². The Kier molecular flexibility index (Phi) is 8.06. The van der Waals surface area contributed by atoms with Gasteiger partial charge >= 0.3 is 6.36 Å². The van der Waals surface area contributed by atoms with E-state index in [-0.39, 0.29) is 41.1 Å². The van der Waals surface area contributed by atoms with Gasteiger partial charge < -0.3 is 14.9 Å². The molecule has 10 atom stereocenters. The summed E-state index contributed by atoms with van der Waals surface area (Å²) in [5, 5.41) is 20.8. The summed E-state index contributed by atoms with van der Waals surface area (Å²) >= 11 is 0. The van der Waals surface area contributed by atoms with Crippen molar-refractivity contribution in [1.29, 1.82) is 0 Å². The second-order valence-corrected chi connectivity index (χ2v) is 14.0. The molecule has 0 heterocycles. The summed E-state index contributed by atoms with van der Waals surface area (Å²) in [7, 11) is 0. The average Bonchev–Trinajstić information content (AvgIpc) is 3.24. The van der Waals surface area contributed by atoms with E-state index in [0.717, 1.165) is 25.7 Å². The van der Waals surface area contributed by atoms with Crippen molar-refractivity contribution >= 4 is 5.78 Å². The normalized spacial score (nSPS) is 39.8. The first kappa shape index (κ1) is 30.7. The van der Waals surface area contributed by atoms with E-state index in [9.17, 15) is 28.2 Å². The molecule has 41 heavy (non-hydrogen) atoms. The molecule has 5 rings (SSSR count). The number of aliphatic hydroxyl groups excluding tert-OH is 2. The van der Waals surface area contributed by atoms with Crippen molar-refractivity contribution in [2.45, 2.75) is 109 Å². The number of aliphatic hydroxyl groups is 2. The lowest BCUT2D eigenvalue weighted by atomic mass is 9.43. The fraction of sp³-hybridized carbons (Fsp3) is 0.781. The van der Waals surface area contributed by atoms with E-state index in [0.29, 0.717) is 25.7 Å². The highest BCUT2D eigenvalue weighted by Crippen LogP contribution is 2.70. The minimum absolute atomic E-state index is 0.101. The highest BCUT2D eigenvalue weighted by molar-refractivity contribution is 5.87. The van der Waals surface area contributed by atoms with Gasteiger partial charge in [0.05, 0.1) is 6.10 Å². The standard InChI is InChI=1S/C32H43F5O4/c1-18(7-6-9-24(38)19-8-4-5-10-26(19)41-32(35,36)37)20-11-12-21-27-22(13-15-29(20,21)2)30(3)16-14-25(39)28(40)23(30)17-31(27,33)34/h4-5,8,10,18,20-25,27,38-39H,6-7,9,11-17H2,1-3H3/t18-,20-,21+,22+,23+,24?,25+,27+,29-,30-/m1/s1. The molecule has 0 saturated heterocycles. The summed E-state index contributed by atoms with van der Waals surface area (Å²) in [6.45, 7) is 6.31. The number of benzene rings is 1. The number of ether oxygens (including phenoxy) is 1. The molecule has 0 bridgehead atoms. The molecule has 4 aliphatic carbocycles. The molecule has 0 amide bonds. The summed E-state index contributed by atoms with van der Waals surface area (Å²) in [5.74, 6) is -5.25. The van der Waals surface area contributed by atoms with Crippen LogP contribution in [0.25, 0.3) is 0 Å². The van der Waals surface area contributed by atoms with Crippen molar-refractivity contribution in [3.63, 3.8) is 0 Å². The molecule has 1 unspecified atom stereocenters. The molecule has 230 valence electrons. The third kappa shape index (κ3) is 5.43. The molecule has 4 saturated carbocycles. The van der Waals surface area contributed by atoms with E-state index in [1.807, 2.05) is 6.92 Å². The number of carbonyl (C=O) groups is 1. The third-order valence-corrected chi connectivity index (χ3v) is 11.9. The monoisotopic (exact) mass is 586 g/mol. The van der Waals surface area contributed by atoms with E-state index >= 15 is 8.78 Å². The summed E-state index contributed by atoms with van der Waals surface area (Å²) in [5.41, 5.74) is -0.656. The van der Waals surface area contributed by atoms with Crippen molar-refractivity contribution in [3.05, 3.63) is 29.8 Å². The van der Waals surface area contributed by atoms with E-state index in [4.69, 9.17) is 0 Å². The van der Waals surface area contributed by atoms with Crippen LogP contribution in [0.15, 0.2) is 24.3 Å². The van der Waals surface area contributed by atoms with Gasteiger partial charge in [-0.25, -0.2) is 8.78 Å². The van der Waals surface area contributed by atoms with E-state index in [1.54, 1.807) is 6.07 Å². The minimum atomic E-state index is -4.85. The molecule has 4 aliphatic rings. The number of carbonyl (C=O) groups excluding carboxylic acids is 1. The highest BCUT2D eigenvalue weighted by Gasteiger charge is 2.69. The Hall–Kier alpha value is -1.74. The minimum Gasteiger partial charge on any atom is -0.405 e. The van der Waals surface area contributed by atoms with Crippen LogP contribution in [0.3, 0.4) is 0 Å². The Morgan fingerprint density at radius 1 is 1.00 bits per heavy atom. The lowest BCUT2D eigenvalue weighted by Gasteiger charge is -2.62. The molecule has 1 aromatic rings. The van der Waals surface area contributed by atoms with Gasteiger partial charge in [-0.3, -0.25) is 4.79 Å². The Balaban J connectivity index is 1.25. The number of Topliss-reactive ketones (excluding diaryl/α,β-unsaturated/α-hetero) is 1. The summed E-state index contributed by atoms with van der Waals surface area (Å²) in [6.07, 6.45) is -1.93. The maximum Gasteiger partial charge on any atom is 0.573 e. The molecule has 0 aromatic heterocycles. The van der Waals surface area contributed by atoms with E-state index in [1.165, 1.54) is 18.2 Å². The lowest BCUT2D eigenvalue weighted by Crippen LogP contribution is -2.63. The first-order chi connectivity index (χ1) is 19.1. The first-order valence-electron chi connectivity index (χ1n) is 15.2. The van der Waals surface area contributed by atoms with Crippen molar-refractivity contribution in [1.82, 2.24) is 0 Å². The molecule has 9 heteroatoms. The van der Waals surface area contributed by atoms with Gasteiger partial charge in [-0.15, -0.1) is 13.2 Å². The fourth-order valence-electron chi connectivity index (χ4n) is 9.91. The van der Waals surface area contributed by atoms with E-state index in [2.05, 4.69) is 18.6 Å². The number of ketones is 1. The largest absolute Gasteiger partial charge is 0.573 e. The number of fused-ring (bicyclic) bond motifs is 5. The summed E-state index contributed by atoms with van der Waals surface area (Å²) < 4.78 is 74.4. The predicted molar refractivity (Wildman–Crippen MR) is 143 cm³/mol. The zero-order chi connectivity index (χ0) is 30.0. The van der Waals surface area contributed by atoms with Gasteiger partial charge in [-0.05, 0) is 85.5 Å². The number of alkyl halides is 5. The molecular weight excluding hydrogens is 543 g/mol. The van der Waals surface area contributed by atoms with Crippen LogP contribution < -0.4 is 4.74 Å². The molecule has 0 radical (unpaired) electrons. The zero-order valence-electron chi connectivity index (χ0n) is 24.1. The molecule has 2 N–H and O–H groups in total. The zero-order valence-corrected chi connectivity index (χ0v) is 24.1. The molecular formula is C32H43F5O4. The maximum absolute atomic E-state index is 16.0. The third-order valence-electron chi connectivity index (χ3n) is 11.9. The van der Waals surface area contributed by atoms with Crippen LogP contribution in [0, 0.1) is 46.3 Å². The van der Waals surface area contributed by atoms with Gasteiger partial charge in [0.15, 0.2) is 5.78 Å². The molecule has 1 aromatic carbocycles. The molecule has 0 aliphatic heterocycles. The highest BCUT2D eigenvalue weighted by atomic mass is 19.4. The quantitative estimate of drug-likeness (QED) is 0.319. The summed E-state index contributed by atoms with van der Waals surface area (Å²) in [4.78, 5) is 12.8. The van der Waals surface area contributed by atoms with Crippen molar-refractivity contribution in [2.24, 2.45) is 46.3 Å². The van der Waals surface area contributed by atoms with Crippen LogP contribution in [0.2, 0.25) is 0 Å². The number of halogens is 5. The van der Waals surface area contributed by atoms with Crippen molar-refractivity contribution in [2.75, 3.05) is 0 Å². The van der Waals surface area contributed by atoms with Crippen molar-refractivity contribution < 1.29 is 41.7 Å². The Bertz CT molecular complexity index is 1120. The van der Waals surface area contributed by atoms with Crippen LogP contribution in [-0.2, 0) is 4.79 Å². The Labute approximate surface area is 239 Å². The number of rotatable bonds is 7. The van der Waals surface area contributed by atoms with Gasteiger partial charge in [0.2, 0.25) is 0 Å². The fourth-order valence-corrected chi connectivity index (χ4v) is 9.91. The predicted octanol–water partition coefficient (Wildman–Crippen LogP) is 7.87. The molecule has 0 spiro atoms. The number of hydrogen-bond acceptors (Lipinski definition) is 4. The molecule has 4 nitrogen and oxygen atoms in total. The Morgan fingerprint density at radius 2 is 1.66 bits per heavy atom. The lowest BCUT2D eigenvalue weighted by molar-refractivity contribution is -0.275. The smallest absolute Gasteiger partial charge is 0.405 e.